The Bertz CT molecular complexity index is 930. The van der Waals surface area contributed by atoms with E-state index < -0.39 is 5.91 Å². The van der Waals surface area contributed by atoms with Crippen molar-refractivity contribution in [1.82, 2.24) is 5.16 Å². The average Bonchev–Trinajstić information content (AvgIpc) is 3.19. The standard InChI is InChI=1S/C25H40N4O6.ClH/c1-5-6-7-8-9-10-11-12-14-29(2,18-20-23(25(26)31)28(32)35-27-20)15-13-19-16-21(33-3)24(30)22(17-19)34-4;/h16-17H,5-15,18H2,1-4H3,(H2-,26,30,31);1H. The van der Waals surface area contributed by atoms with Crippen molar-refractivity contribution in [3.63, 3.8) is 0 Å². The molecule has 1 aromatic heterocycles. The fraction of sp³-hybridized carbons (Fsp3) is 0.640. The lowest BCUT2D eigenvalue weighted by molar-refractivity contribution is -0.923. The van der Waals surface area contributed by atoms with E-state index in [0.717, 1.165) is 24.9 Å². The molecule has 3 N–H and O–H groups in total. The molecule has 0 aliphatic heterocycles. The van der Waals surface area contributed by atoms with E-state index in [0.29, 0.717) is 35.5 Å². The van der Waals surface area contributed by atoms with Gasteiger partial charge in [-0.15, -0.1) is 0 Å². The van der Waals surface area contributed by atoms with Gasteiger partial charge in [-0.1, -0.05) is 45.4 Å². The van der Waals surface area contributed by atoms with Crippen LogP contribution in [0.15, 0.2) is 16.8 Å². The van der Waals surface area contributed by atoms with Crippen LogP contribution in [0.25, 0.3) is 0 Å². The molecule has 1 aromatic carbocycles. The summed E-state index contributed by atoms with van der Waals surface area (Å²) >= 11 is 0. The zero-order chi connectivity index (χ0) is 25.8. The van der Waals surface area contributed by atoms with Crippen LogP contribution in [0.5, 0.6) is 17.2 Å². The fourth-order valence-electron chi connectivity index (χ4n) is 4.36. The summed E-state index contributed by atoms with van der Waals surface area (Å²) < 4.78 is 15.8. The molecule has 204 valence electrons. The smallest absolute Gasteiger partial charge is 0.297 e. The number of nitrogens with two attached hydrogens (primary N) is 1. The van der Waals surface area contributed by atoms with Crippen molar-refractivity contribution in [3.05, 3.63) is 34.3 Å². The Kier molecular flexibility index (Phi) is 13.4. The van der Waals surface area contributed by atoms with E-state index in [1.165, 1.54) is 52.7 Å². The summed E-state index contributed by atoms with van der Waals surface area (Å²) in [6, 6.07) is 3.57. The zero-order valence-electron chi connectivity index (χ0n) is 21.9. The molecule has 2 aromatic rings. The van der Waals surface area contributed by atoms with Crippen LogP contribution in [0, 0.1) is 5.21 Å². The van der Waals surface area contributed by atoms with Gasteiger partial charge < -0.3 is 42.4 Å². The summed E-state index contributed by atoms with van der Waals surface area (Å²) in [5.41, 5.74) is 6.34. The number of methoxy groups -OCH3 is 2. The Balaban J connectivity index is 0.00000648. The topological polar surface area (TPSA) is 135 Å². The first-order valence-corrected chi connectivity index (χ1v) is 12.4. The molecule has 1 atom stereocenters. The summed E-state index contributed by atoms with van der Waals surface area (Å²) in [4.78, 5) is 11.9. The van der Waals surface area contributed by atoms with Gasteiger partial charge in [0.25, 0.3) is 17.3 Å². The van der Waals surface area contributed by atoms with Crippen LogP contribution in [0.3, 0.4) is 0 Å². The van der Waals surface area contributed by atoms with Crippen molar-refractivity contribution in [2.24, 2.45) is 5.73 Å². The molecule has 1 heterocycles. The molecule has 0 saturated heterocycles. The lowest BCUT2D eigenvalue weighted by atomic mass is 10.1. The summed E-state index contributed by atoms with van der Waals surface area (Å²) in [5.74, 6) is -0.209. The molecule has 1 unspecified atom stereocenters. The highest BCUT2D eigenvalue weighted by Gasteiger charge is 2.33. The van der Waals surface area contributed by atoms with Gasteiger partial charge in [0.2, 0.25) is 5.75 Å². The van der Waals surface area contributed by atoms with Gasteiger partial charge in [-0.05, 0) is 35.4 Å². The van der Waals surface area contributed by atoms with E-state index in [4.69, 9.17) is 15.2 Å². The number of carbonyl (C=O) groups excluding carboxylic acids is 1. The number of primary amides is 1. The minimum atomic E-state index is -0.858. The Hall–Kier alpha value is -2.72. The minimum Gasteiger partial charge on any atom is -1.00 e. The van der Waals surface area contributed by atoms with E-state index >= 15 is 0 Å². The Morgan fingerprint density at radius 3 is 2.17 bits per heavy atom. The second kappa shape index (κ2) is 15.4. The van der Waals surface area contributed by atoms with Crippen molar-refractivity contribution in [2.75, 3.05) is 34.4 Å². The number of aromatic hydroxyl groups is 1. The number of halogens is 1. The van der Waals surface area contributed by atoms with Crippen LogP contribution in [0.2, 0.25) is 0 Å². The first-order chi connectivity index (χ1) is 16.7. The maximum Gasteiger partial charge on any atom is 0.297 e. The highest BCUT2D eigenvalue weighted by Crippen LogP contribution is 2.37. The van der Waals surface area contributed by atoms with Crippen LogP contribution < -0.4 is 32.5 Å². The molecule has 0 saturated carbocycles. The van der Waals surface area contributed by atoms with E-state index in [2.05, 4.69) is 23.8 Å². The summed E-state index contributed by atoms with van der Waals surface area (Å²) in [5, 5.41) is 25.9. The van der Waals surface area contributed by atoms with E-state index in [1.54, 1.807) is 12.1 Å². The van der Waals surface area contributed by atoms with Gasteiger partial charge in [0.15, 0.2) is 18.0 Å². The third-order valence-corrected chi connectivity index (χ3v) is 6.48. The molecule has 0 spiro atoms. The second-order valence-corrected chi connectivity index (χ2v) is 9.39. The third-order valence-electron chi connectivity index (χ3n) is 6.48. The number of carbonyl (C=O) groups is 1. The molecular formula is C25H41ClN4O6. The van der Waals surface area contributed by atoms with Crippen molar-refractivity contribution in [2.45, 2.75) is 71.3 Å². The maximum atomic E-state index is 11.9. The molecule has 0 bridgehead atoms. The molecule has 10 nitrogen and oxygen atoms in total. The van der Waals surface area contributed by atoms with Gasteiger partial charge in [0.1, 0.15) is 0 Å². The zero-order valence-corrected chi connectivity index (χ0v) is 22.7. The van der Waals surface area contributed by atoms with Gasteiger partial charge in [-0.25, -0.2) is 0 Å². The highest BCUT2D eigenvalue weighted by molar-refractivity contribution is 5.90. The quantitative estimate of drug-likeness (QED) is 0.173. The number of phenols is 1. The first-order valence-electron chi connectivity index (χ1n) is 12.4. The molecule has 0 fully saturated rings. The number of unbranched alkanes of at least 4 members (excludes halogenated alkanes) is 7. The number of quaternary nitrogens is 1. The van der Waals surface area contributed by atoms with Crippen molar-refractivity contribution in [1.29, 1.82) is 0 Å². The van der Waals surface area contributed by atoms with Crippen LogP contribution >= 0.6 is 0 Å². The molecule has 11 heteroatoms. The third kappa shape index (κ3) is 9.05. The fourth-order valence-corrected chi connectivity index (χ4v) is 4.36. The first kappa shape index (κ1) is 31.3. The molecule has 2 rings (SSSR count). The number of hydrogen-bond acceptors (Lipinski definition) is 7. The minimum absolute atomic E-state index is 0. The molecule has 0 radical (unpaired) electrons. The van der Waals surface area contributed by atoms with Gasteiger partial charge in [0.05, 0.1) is 34.4 Å². The predicted octanol–water partition coefficient (Wildman–Crippen LogP) is 0.464. The lowest BCUT2D eigenvalue weighted by Crippen LogP contribution is -3.00. The summed E-state index contributed by atoms with van der Waals surface area (Å²) in [6.07, 6.45) is 10.3. The number of rotatable bonds is 17. The molecule has 1 amide bonds. The van der Waals surface area contributed by atoms with Gasteiger partial charge in [-0.3, -0.25) is 9.42 Å². The van der Waals surface area contributed by atoms with Crippen LogP contribution in [0.1, 0.15) is 80.0 Å². The van der Waals surface area contributed by atoms with Crippen molar-refractivity contribution in [3.8, 4) is 17.2 Å². The van der Waals surface area contributed by atoms with Crippen LogP contribution in [-0.2, 0) is 13.0 Å². The van der Waals surface area contributed by atoms with Crippen LogP contribution in [-0.4, -0.2) is 55.0 Å². The number of likely N-dealkylation sites (N-methyl/N-ethyl adjacent to an activating group) is 1. The average molecular weight is 529 g/mol. The number of hydrogen-bond donors (Lipinski definition) is 2. The normalized spacial score (nSPS) is 12.6. The maximum absolute atomic E-state index is 11.9. The monoisotopic (exact) mass is 528 g/mol. The van der Waals surface area contributed by atoms with E-state index in [1.807, 2.05) is 0 Å². The molecule has 0 aliphatic rings. The van der Waals surface area contributed by atoms with E-state index in [9.17, 15) is 15.1 Å². The summed E-state index contributed by atoms with van der Waals surface area (Å²) in [7, 11) is 5.06. The highest BCUT2D eigenvalue weighted by atomic mass is 35.5. The van der Waals surface area contributed by atoms with Crippen molar-refractivity contribution < 1.29 is 45.8 Å². The van der Waals surface area contributed by atoms with Gasteiger partial charge >= 0.3 is 0 Å². The summed E-state index contributed by atoms with van der Waals surface area (Å²) in [6.45, 7) is 4.08. The number of nitrogens with zero attached hydrogens (tertiary/aromatic N) is 3. The lowest BCUT2D eigenvalue weighted by Gasteiger charge is -2.33. The number of amides is 1. The second-order valence-electron chi connectivity index (χ2n) is 9.39. The van der Waals surface area contributed by atoms with Crippen LogP contribution in [0.4, 0.5) is 0 Å². The Morgan fingerprint density at radius 1 is 1.08 bits per heavy atom. The van der Waals surface area contributed by atoms with Gasteiger partial charge in [-0.2, -0.15) is 0 Å². The van der Waals surface area contributed by atoms with E-state index in [-0.39, 0.29) is 34.4 Å². The number of aromatic nitrogens is 2. The SMILES string of the molecule is CCCCCCCCCC[N+](C)(CCc1cc(OC)c(O)c(OC)c1)Cc1no[n+]([O-])c1C(N)=O.[Cl-]. The molecule has 0 aliphatic carbocycles. The number of phenolic OH excluding ortho intramolecular Hbond substituents is 1. The number of ether oxygens (including phenoxy) is 2. The van der Waals surface area contributed by atoms with Crippen molar-refractivity contribution >= 4 is 5.91 Å². The Morgan fingerprint density at radius 2 is 1.64 bits per heavy atom. The Labute approximate surface area is 219 Å². The van der Waals surface area contributed by atoms with Gasteiger partial charge in [0, 0.05) is 11.6 Å². The number of benzene rings is 1. The predicted molar refractivity (Wildman–Crippen MR) is 131 cm³/mol. The molecular weight excluding hydrogens is 488 g/mol. The molecule has 36 heavy (non-hydrogen) atoms. The largest absolute Gasteiger partial charge is 1.00 e.